The van der Waals surface area contributed by atoms with Crippen molar-refractivity contribution < 1.29 is 31.9 Å². The molecule has 2 aromatic carbocycles. The van der Waals surface area contributed by atoms with Gasteiger partial charge in [0.25, 0.3) is 0 Å². The molecule has 5 rings (SSSR count). The van der Waals surface area contributed by atoms with Crippen molar-refractivity contribution in [2.75, 3.05) is 11.9 Å². The Morgan fingerprint density at radius 3 is 2.56 bits per heavy atom. The molecular weight excluding hydrogens is 521 g/mol. The molecule has 4 N–H and O–H groups in total. The number of rotatable bonds is 7. The van der Waals surface area contributed by atoms with Gasteiger partial charge in [-0.3, -0.25) is 4.79 Å². The molecule has 1 saturated carbocycles. The zero-order valence-corrected chi connectivity index (χ0v) is 20.8. The van der Waals surface area contributed by atoms with Crippen molar-refractivity contribution in [2.45, 2.75) is 44.4 Å². The third-order valence-electron chi connectivity index (χ3n) is 6.35. The van der Waals surface area contributed by atoms with Gasteiger partial charge in [0.1, 0.15) is 6.10 Å². The van der Waals surface area contributed by atoms with E-state index < -0.39 is 36.9 Å². The van der Waals surface area contributed by atoms with Crippen molar-refractivity contribution in [2.24, 2.45) is 5.73 Å². The summed E-state index contributed by atoms with van der Waals surface area (Å²) in [5.41, 5.74) is 7.87. The molecule has 2 heterocycles. The molecule has 1 aliphatic carbocycles. The summed E-state index contributed by atoms with van der Waals surface area (Å²) in [6.07, 6.45) is -3.02. The van der Waals surface area contributed by atoms with Crippen LogP contribution in [0.3, 0.4) is 0 Å². The number of hydrogen-bond acceptors (Lipinski definition) is 5. The Balaban J connectivity index is 0.00000112. The topological polar surface area (TPSA) is 106 Å². The largest absolute Gasteiger partial charge is 0.390 e. The highest BCUT2D eigenvalue weighted by Crippen LogP contribution is 2.42. The number of aliphatic hydroxyl groups excluding tert-OH is 1. The molecule has 0 aliphatic heterocycles. The molecule has 0 bridgehead atoms. The van der Waals surface area contributed by atoms with Crippen molar-refractivity contribution >= 4 is 17.7 Å². The maximum atomic E-state index is 14.4. The number of nitrogens with zero attached hydrogens (tertiary/aromatic N) is 3. The number of imidazole rings is 1. The number of halogens is 5. The Morgan fingerprint density at radius 1 is 1.21 bits per heavy atom. The second-order valence-electron chi connectivity index (χ2n) is 9.18. The number of carbonyl (C=O) groups is 1. The number of anilines is 1. The summed E-state index contributed by atoms with van der Waals surface area (Å²) in [5.74, 6) is -1.80. The van der Waals surface area contributed by atoms with E-state index in [1.54, 1.807) is 6.20 Å². The molecule has 1 unspecified atom stereocenters. The molecule has 0 spiro atoms. The van der Waals surface area contributed by atoms with Gasteiger partial charge < -0.3 is 16.2 Å². The van der Waals surface area contributed by atoms with E-state index in [0.717, 1.165) is 30.0 Å². The molecule has 0 radical (unpaired) electrons. The second-order valence-corrected chi connectivity index (χ2v) is 9.18. The number of aliphatic hydroxyl groups is 1. The molecule has 1 fully saturated rings. The van der Waals surface area contributed by atoms with Crippen LogP contribution in [0.15, 0.2) is 48.7 Å². The van der Waals surface area contributed by atoms with Crippen LogP contribution >= 0.6 is 0 Å². The van der Waals surface area contributed by atoms with Gasteiger partial charge in [0, 0.05) is 17.7 Å². The van der Waals surface area contributed by atoms with Crippen LogP contribution in [0.25, 0.3) is 16.9 Å². The number of aromatic nitrogens is 3. The van der Waals surface area contributed by atoms with Crippen LogP contribution in [0, 0.1) is 18.6 Å². The number of alkyl halides is 3. The molecule has 2 aromatic heterocycles. The lowest BCUT2D eigenvalue weighted by Gasteiger charge is -2.16. The summed E-state index contributed by atoms with van der Waals surface area (Å²) < 4.78 is 67.8. The smallest absolute Gasteiger partial charge is 0.382 e. The normalized spacial score (nSPS) is 14.0. The number of amides is 1. The number of fused-ring (bicyclic) bond motifs is 1. The van der Waals surface area contributed by atoms with Gasteiger partial charge in [0.05, 0.1) is 29.7 Å². The van der Waals surface area contributed by atoms with Crippen molar-refractivity contribution in [3.63, 3.8) is 0 Å². The molecule has 0 saturated heterocycles. The fourth-order valence-corrected chi connectivity index (χ4v) is 4.37. The number of benzene rings is 2. The Bertz CT molecular complexity index is 1480. The molecule has 206 valence electrons. The van der Waals surface area contributed by atoms with E-state index in [4.69, 9.17) is 4.79 Å². The fourth-order valence-electron chi connectivity index (χ4n) is 4.37. The van der Waals surface area contributed by atoms with Crippen LogP contribution < -0.4 is 11.1 Å². The quantitative estimate of drug-likeness (QED) is 0.212. The first-order valence-electron chi connectivity index (χ1n) is 12.1. The van der Waals surface area contributed by atoms with E-state index in [2.05, 4.69) is 21.1 Å². The standard InChI is InChI=1S/C26H23F5N4O.CH3NO/c1-14-11-16(7-8-17(14)15-5-6-15)22-13-33-25-21(32-10-9-26(29,30)31)12-20(34-35(22)25)24(36)18-3-2-4-19(27)23(18)28;2-1-3/h2-4,7-8,11-13,15,24,32,36H,5-6,9-10H2,1H3;1H,(H2,2,3). The molecule has 7 nitrogen and oxygen atoms in total. The maximum Gasteiger partial charge on any atom is 0.390 e. The number of aryl methyl sites for hydroxylation is 1. The summed E-state index contributed by atoms with van der Waals surface area (Å²) in [6.45, 7) is 1.57. The Morgan fingerprint density at radius 2 is 1.92 bits per heavy atom. The molecule has 1 amide bonds. The first-order valence-corrected chi connectivity index (χ1v) is 12.1. The first kappa shape index (κ1) is 28.0. The lowest BCUT2D eigenvalue weighted by atomic mass is 10.0. The van der Waals surface area contributed by atoms with Crippen LogP contribution in [0.2, 0.25) is 0 Å². The predicted octanol–water partition coefficient (Wildman–Crippen LogP) is 5.41. The van der Waals surface area contributed by atoms with Gasteiger partial charge in [-0.1, -0.05) is 24.3 Å². The van der Waals surface area contributed by atoms with Gasteiger partial charge in [-0.05, 0) is 55.0 Å². The van der Waals surface area contributed by atoms with Crippen molar-refractivity contribution in [3.8, 4) is 11.3 Å². The zero-order chi connectivity index (χ0) is 28.3. The Hall–Kier alpha value is -4.06. The monoisotopic (exact) mass is 547 g/mol. The minimum atomic E-state index is -4.37. The van der Waals surface area contributed by atoms with E-state index in [1.165, 1.54) is 28.3 Å². The fraction of sp³-hybridized carbons (Fsp3) is 0.296. The van der Waals surface area contributed by atoms with E-state index in [0.29, 0.717) is 11.6 Å². The number of nitrogens with one attached hydrogen (secondary N) is 1. The lowest BCUT2D eigenvalue weighted by Crippen LogP contribution is -2.16. The van der Waals surface area contributed by atoms with Gasteiger partial charge in [-0.15, -0.1) is 0 Å². The highest BCUT2D eigenvalue weighted by atomic mass is 19.4. The Labute approximate surface area is 220 Å². The number of carbonyl (C=O) groups excluding carboxylic acids is 1. The third kappa shape index (κ3) is 6.33. The number of nitrogens with two attached hydrogens (primary N) is 1. The van der Waals surface area contributed by atoms with Gasteiger partial charge in [0.2, 0.25) is 6.41 Å². The highest BCUT2D eigenvalue weighted by Gasteiger charge is 2.28. The van der Waals surface area contributed by atoms with E-state index in [9.17, 15) is 27.1 Å². The summed E-state index contributed by atoms with van der Waals surface area (Å²) in [7, 11) is 0. The van der Waals surface area contributed by atoms with Crippen LogP contribution in [0.5, 0.6) is 0 Å². The lowest BCUT2D eigenvalue weighted by molar-refractivity contribution is -0.131. The maximum absolute atomic E-state index is 14.4. The van der Waals surface area contributed by atoms with Gasteiger partial charge in [-0.25, -0.2) is 18.3 Å². The summed E-state index contributed by atoms with van der Waals surface area (Å²) in [5, 5.41) is 18.0. The van der Waals surface area contributed by atoms with E-state index in [-0.39, 0.29) is 29.0 Å². The average molecular weight is 548 g/mol. The SMILES string of the molecule is Cc1cc(-c2cnc3c(NCCC(F)(F)F)cc(C(O)c4cccc(F)c4F)nn23)ccc1C1CC1.NC=O. The minimum absolute atomic E-state index is 0.0768. The van der Waals surface area contributed by atoms with Gasteiger partial charge >= 0.3 is 6.18 Å². The summed E-state index contributed by atoms with van der Waals surface area (Å²) in [4.78, 5) is 12.9. The summed E-state index contributed by atoms with van der Waals surface area (Å²) in [6, 6.07) is 10.7. The van der Waals surface area contributed by atoms with E-state index >= 15 is 0 Å². The van der Waals surface area contributed by atoms with Gasteiger partial charge in [0.15, 0.2) is 17.3 Å². The van der Waals surface area contributed by atoms with Gasteiger partial charge in [-0.2, -0.15) is 18.3 Å². The predicted molar refractivity (Wildman–Crippen MR) is 135 cm³/mol. The van der Waals surface area contributed by atoms with Crippen molar-refractivity contribution in [1.82, 2.24) is 14.6 Å². The minimum Gasteiger partial charge on any atom is -0.382 e. The molecule has 12 heteroatoms. The molecule has 1 aliphatic rings. The molecule has 39 heavy (non-hydrogen) atoms. The van der Waals surface area contributed by atoms with E-state index in [1.807, 2.05) is 25.1 Å². The van der Waals surface area contributed by atoms with Crippen LogP contribution in [-0.2, 0) is 4.79 Å². The molecule has 1 atom stereocenters. The van der Waals surface area contributed by atoms with Crippen molar-refractivity contribution in [3.05, 3.63) is 82.7 Å². The molecule has 4 aromatic rings. The average Bonchev–Trinajstić information content (AvgIpc) is 3.63. The first-order chi connectivity index (χ1) is 18.5. The number of hydrogen-bond donors (Lipinski definition) is 3. The molecular formula is C27H26F5N5O2. The zero-order valence-electron chi connectivity index (χ0n) is 20.8. The van der Waals surface area contributed by atoms with Crippen LogP contribution in [0.4, 0.5) is 27.6 Å². The number of primary amides is 1. The van der Waals surface area contributed by atoms with Crippen LogP contribution in [-0.4, -0.2) is 38.8 Å². The van der Waals surface area contributed by atoms with Crippen LogP contribution in [0.1, 0.15) is 53.7 Å². The third-order valence-corrected chi connectivity index (χ3v) is 6.35. The Kier molecular flexibility index (Phi) is 8.14. The highest BCUT2D eigenvalue weighted by molar-refractivity contribution is 5.73. The second kappa shape index (κ2) is 11.4. The van der Waals surface area contributed by atoms with Crippen molar-refractivity contribution in [1.29, 1.82) is 0 Å². The summed E-state index contributed by atoms with van der Waals surface area (Å²) >= 11 is 0.